The molecule has 2 aromatic heterocycles. The number of furan rings is 1. The zero-order chi connectivity index (χ0) is 19.1. The summed E-state index contributed by atoms with van der Waals surface area (Å²) in [5, 5.41) is 18.2. The number of carbonyl (C=O) groups is 2. The molecule has 4 rings (SSSR count). The van der Waals surface area contributed by atoms with Crippen molar-refractivity contribution in [3.05, 3.63) is 76.1 Å². The van der Waals surface area contributed by atoms with Crippen molar-refractivity contribution in [3.8, 4) is 0 Å². The minimum absolute atomic E-state index is 0.0256. The fraction of sp³-hybridized carbons (Fsp3) is 0.111. The van der Waals surface area contributed by atoms with Gasteiger partial charge in [0.15, 0.2) is 11.5 Å². The number of hydrogen-bond acceptors (Lipinski definition) is 7. The van der Waals surface area contributed by atoms with E-state index in [2.05, 4.69) is 10.2 Å². The van der Waals surface area contributed by atoms with Crippen molar-refractivity contribution >= 4 is 28.2 Å². The van der Waals surface area contributed by atoms with E-state index in [-0.39, 0.29) is 16.5 Å². The van der Waals surface area contributed by atoms with Crippen molar-refractivity contribution in [2.75, 3.05) is 4.90 Å². The van der Waals surface area contributed by atoms with Gasteiger partial charge in [0.05, 0.1) is 11.6 Å². The maximum atomic E-state index is 13.8. The molecule has 3 aromatic rings. The van der Waals surface area contributed by atoms with Crippen LogP contribution in [0.25, 0.3) is 0 Å². The van der Waals surface area contributed by atoms with Gasteiger partial charge in [-0.05, 0) is 36.8 Å². The van der Waals surface area contributed by atoms with Crippen LogP contribution in [-0.2, 0) is 4.79 Å². The number of rotatable bonds is 4. The van der Waals surface area contributed by atoms with E-state index in [0.29, 0.717) is 11.3 Å². The van der Waals surface area contributed by atoms with Gasteiger partial charge in [-0.1, -0.05) is 23.5 Å². The van der Waals surface area contributed by atoms with Crippen LogP contribution in [0, 0.1) is 12.7 Å². The van der Waals surface area contributed by atoms with Crippen LogP contribution in [0.5, 0.6) is 0 Å². The number of aryl methyl sites for hydroxylation is 1. The molecule has 0 fully saturated rings. The summed E-state index contributed by atoms with van der Waals surface area (Å²) in [4.78, 5) is 26.8. The second-order valence-corrected chi connectivity index (χ2v) is 6.67. The first kappa shape index (κ1) is 17.1. The third-order valence-electron chi connectivity index (χ3n) is 4.14. The van der Waals surface area contributed by atoms with Gasteiger partial charge in [-0.3, -0.25) is 14.5 Å². The standard InChI is InChI=1S/C18H12FN3O4S/c1-9-5-6-12(26-9)15(23)13-14(10-3-2-4-11(19)7-10)22(17(25)16(13)24)18-21-20-8-27-18/h2-8,14,24H,1H3. The van der Waals surface area contributed by atoms with Crippen LogP contribution in [0.1, 0.15) is 27.9 Å². The Morgan fingerprint density at radius 1 is 1.33 bits per heavy atom. The fourth-order valence-corrected chi connectivity index (χ4v) is 3.57. The Labute approximate surface area is 156 Å². The first-order chi connectivity index (χ1) is 13.0. The molecule has 27 heavy (non-hydrogen) atoms. The molecule has 0 radical (unpaired) electrons. The van der Waals surface area contributed by atoms with E-state index in [4.69, 9.17) is 4.42 Å². The van der Waals surface area contributed by atoms with Crippen molar-refractivity contribution in [1.29, 1.82) is 0 Å². The molecule has 0 bridgehead atoms. The molecule has 7 nitrogen and oxygen atoms in total. The third-order valence-corrected chi connectivity index (χ3v) is 4.82. The lowest BCUT2D eigenvalue weighted by atomic mass is 9.95. The zero-order valence-corrected chi connectivity index (χ0v) is 14.7. The highest BCUT2D eigenvalue weighted by Crippen LogP contribution is 2.42. The first-order valence-corrected chi connectivity index (χ1v) is 8.75. The van der Waals surface area contributed by atoms with Crippen LogP contribution >= 0.6 is 11.3 Å². The van der Waals surface area contributed by atoms with Gasteiger partial charge in [-0.25, -0.2) is 4.39 Å². The monoisotopic (exact) mass is 385 g/mol. The summed E-state index contributed by atoms with van der Waals surface area (Å²) in [6, 6.07) is 7.47. The SMILES string of the molecule is Cc1ccc(C(=O)C2=C(O)C(=O)N(c3nncs3)C2c2cccc(F)c2)o1. The van der Waals surface area contributed by atoms with Crippen LogP contribution in [0.3, 0.4) is 0 Å². The van der Waals surface area contributed by atoms with Crippen LogP contribution in [-0.4, -0.2) is 27.0 Å². The molecule has 1 aromatic carbocycles. The highest BCUT2D eigenvalue weighted by Gasteiger charge is 2.46. The van der Waals surface area contributed by atoms with Gasteiger partial charge in [-0.15, -0.1) is 10.2 Å². The first-order valence-electron chi connectivity index (χ1n) is 7.87. The fourth-order valence-electron chi connectivity index (χ4n) is 2.99. The average Bonchev–Trinajstić information content (AvgIpc) is 3.36. The van der Waals surface area contributed by atoms with Gasteiger partial charge in [0.1, 0.15) is 17.1 Å². The summed E-state index contributed by atoms with van der Waals surface area (Å²) in [6.45, 7) is 1.67. The summed E-state index contributed by atoms with van der Waals surface area (Å²) in [7, 11) is 0. The molecule has 1 amide bonds. The molecule has 1 aliphatic rings. The summed E-state index contributed by atoms with van der Waals surface area (Å²) in [6.07, 6.45) is 0. The van der Waals surface area contributed by atoms with Crippen LogP contribution in [0.15, 0.2) is 57.7 Å². The van der Waals surface area contributed by atoms with E-state index in [9.17, 15) is 19.1 Å². The minimum atomic E-state index is -1.06. The van der Waals surface area contributed by atoms with E-state index in [1.54, 1.807) is 19.1 Å². The molecule has 1 atom stereocenters. The van der Waals surface area contributed by atoms with Gasteiger partial charge in [-0.2, -0.15) is 0 Å². The molecule has 1 unspecified atom stereocenters. The number of nitrogens with zero attached hydrogens (tertiary/aromatic N) is 3. The maximum Gasteiger partial charge on any atom is 0.296 e. The topological polar surface area (TPSA) is 96.5 Å². The molecule has 136 valence electrons. The predicted octanol–water partition coefficient (Wildman–Crippen LogP) is 3.36. The van der Waals surface area contributed by atoms with Crippen LogP contribution in [0.2, 0.25) is 0 Å². The van der Waals surface area contributed by atoms with E-state index in [1.165, 1.54) is 29.8 Å². The van der Waals surface area contributed by atoms with Crippen molar-refractivity contribution in [2.24, 2.45) is 0 Å². The average molecular weight is 385 g/mol. The van der Waals surface area contributed by atoms with E-state index < -0.39 is 29.3 Å². The van der Waals surface area contributed by atoms with Gasteiger partial charge in [0, 0.05) is 0 Å². The maximum absolute atomic E-state index is 13.8. The smallest absolute Gasteiger partial charge is 0.296 e. The summed E-state index contributed by atoms with van der Waals surface area (Å²) in [5.74, 6) is -2.25. The van der Waals surface area contributed by atoms with Crippen LogP contribution in [0.4, 0.5) is 9.52 Å². The summed E-state index contributed by atoms with van der Waals surface area (Å²) >= 11 is 1.06. The molecular formula is C18H12FN3O4S. The molecule has 1 N–H and O–H groups in total. The molecule has 0 saturated carbocycles. The normalized spacial score (nSPS) is 17.0. The van der Waals surface area contributed by atoms with Gasteiger partial charge in [0.2, 0.25) is 10.9 Å². The van der Waals surface area contributed by atoms with Crippen LogP contribution < -0.4 is 4.90 Å². The number of Topliss-reactive ketones (excluding diaryl/α,β-unsaturated/α-hetero) is 1. The highest BCUT2D eigenvalue weighted by atomic mass is 32.1. The number of amides is 1. The van der Waals surface area contributed by atoms with Gasteiger partial charge >= 0.3 is 0 Å². The number of anilines is 1. The van der Waals surface area contributed by atoms with Crippen molar-refractivity contribution < 1.29 is 23.5 Å². The lowest BCUT2D eigenvalue weighted by Gasteiger charge is -2.23. The van der Waals surface area contributed by atoms with Crippen molar-refractivity contribution in [3.63, 3.8) is 0 Å². The van der Waals surface area contributed by atoms with Crippen molar-refractivity contribution in [1.82, 2.24) is 10.2 Å². The minimum Gasteiger partial charge on any atom is -0.503 e. The van der Waals surface area contributed by atoms with Gasteiger partial charge < -0.3 is 9.52 Å². The number of aromatic nitrogens is 2. The zero-order valence-electron chi connectivity index (χ0n) is 13.9. The number of aliphatic hydroxyl groups is 1. The number of hydrogen-bond donors (Lipinski definition) is 1. The number of benzene rings is 1. The predicted molar refractivity (Wildman–Crippen MR) is 94.0 cm³/mol. The highest BCUT2D eigenvalue weighted by molar-refractivity contribution is 7.13. The molecule has 1 aliphatic heterocycles. The Kier molecular flexibility index (Phi) is 4.08. The molecule has 0 spiro atoms. The van der Waals surface area contributed by atoms with Gasteiger partial charge in [0.25, 0.3) is 5.91 Å². The summed E-state index contributed by atoms with van der Waals surface area (Å²) < 4.78 is 19.2. The second kappa shape index (κ2) is 6.44. The number of ketones is 1. The van der Waals surface area contributed by atoms with E-state index in [0.717, 1.165) is 16.2 Å². The van der Waals surface area contributed by atoms with Crippen molar-refractivity contribution in [2.45, 2.75) is 13.0 Å². The third kappa shape index (κ3) is 2.81. The molecule has 3 heterocycles. The number of aliphatic hydroxyl groups excluding tert-OH is 1. The largest absolute Gasteiger partial charge is 0.503 e. The lowest BCUT2D eigenvalue weighted by Crippen LogP contribution is -2.31. The Balaban J connectivity index is 1.88. The number of carbonyl (C=O) groups excluding carboxylic acids is 2. The molecular weight excluding hydrogens is 373 g/mol. The quantitative estimate of drug-likeness (QED) is 0.692. The number of halogens is 1. The second-order valence-electron chi connectivity index (χ2n) is 5.86. The Morgan fingerprint density at radius 3 is 2.78 bits per heavy atom. The van der Waals surface area contributed by atoms with E-state index >= 15 is 0 Å². The lowest BCUT2D eigenvalue weighted by molar-refractivity contribution is -0.117. The Hall–Kier alpha value is -3.33. The Bertz CT molecular complexity index is 1070. The molecule has 9 heteroatoms. The molecule has 0 aliphatic carbocycles. The Morgan fingerprint density at radius 2 is 2.15 bits per heavy atom. The molecule has 0 saturated heterocycles. The summed E-state index contributed by atoms with van der Waals surface area (Å²) in [5.41, 5.74) is 1.53. The van der Waals surface area contributed by atoms with E-state index in [1.807, 2.05) is 0 Å².